The molecule has 0 saturated carbocycles. The Labute approximate surface area is 141 Å². The molecule has 7 heteroatoms. The van der Waals surface area contributed by atoms with E-state index in [1.165, 1.54) is 0 Å². The highest BCUT2D eigenvalue weighted by Gasteiger charge is 2.36. The lowest BCUT2D eigenvalue weighted by Crippen LogP contribution is -2.45. The number of anilines is 1. The maximum absolute atomic E-state index is 12.2. The van der Waals surface area contributed by atoms with Crippen LogP contribution >= 0.6 is 11.6 Å². The van der Waals surface area contributed by atoms with Gasteiger partial charge in [-0.15, -0.1) is 0 Å². The summed E-state index contributed by atoms with van der Waals surface area (Å²) in [5.74, 6) is 0.583. The van der Waals surface area contributed by atoms with Gasteiger partial charge in [-0.05, 0) is 31.5 Å². The normalized spacial score (nSPS) is 27.3. The zero-order valence-electron chi connectivity index (χ0n) is 13.3. The fourth-order valence-corrected chi connectivity index (χ4v) is 3.50. The molecule has 2 amide bonds. The van der Waals surface area contributed by atoms with E-state index < -0.39 is 0 Å². The molecule has 23 heavy (non-hydrogen) atoms. The highest BCUT2D eigenvalue weighted by molar-refractivity contribution is 6.32. The first-order valence-corrected chi connectivity index (χ1v) is 8.19. The molecule has 2 aliphatic rings. The summed E-state index contributed by atoms with van der Waals surface area (Å²) in [6, 6.07) is 5.50. The molecule has 0 bridgehead atoms. The number of nitrogens with one attached hydrogen (secondary N) is 2. The molecule has 6 nitrogen and oxygen atoms in total. The Morgan fingerprint density at radius 3 is 3.00 bits per heavy atom. The van der Waals surface area contributed by atoms with Gasteiger partial charge in [0.1, 0.15) is 5.75 Å². The summed E-state index contributed by atoms with van der Waals surface area (Å²) in [4.78, 5) is 14.6. The number of rotatable bonds is 3. The van der Waals surface area contributed by atoms with Crippen LogP contribution in [0.15, 0.2) is 18.2 Å². The number of halogens is 1. The van der Waals surface area contributed by atoms with Crippen LogP contribution in [0.3, 0.4) is 0 Å². The van der Waals surface area contributed by atoms with Crippen LogP contribution in [0.5, 0.6) is 5.75 Å². The van der Waals surface area contributed by atoms with Crippen molar-refractivity contribution in [2.24, 2.45) is 0 Å². The average molecular weight is 340 g/mol. The van der Waals surface area contributed by atoms with Gasteiger partial charge in [-0.1, -0.05) is 11.6 Å². The number of benzene rings is 1. The maximum atomic E-state index is 12.2. The first-order valence-electron chi connectivity index (χ1n) is 7.82. The predicted molar refractivity (Wildman–Crippen MR) is 89.3 cm³/mol. The second-order valence-electron chi connectivity index (χ2n) is 6.13. The van der Waals surface area contributed by atoms with E-state index in [4.69, 9.17) is 21.1 Å². The SMILES string of the molecule is COc1ccc(NC(=O)N[C@H]2C[C@H]3CO[C@@H](C)CN3C2)cc1Cl. The number of ether oxygens (including phenoxy) is 2. The van der Waals surface area contributed by atoms with Crippen molar-refractivity contribution in [2.75, 3.05) is 32.1 Å². The molecule has 0 radical (unpaired) electrons. The Hall–Kier alpha value is -1.50. The Bertz CT molecular complexity index is 584. The smallest absolute Gasteiger partial charge is 0.319 e. The van der Waals surface area contributed by atoms with Crippen molar-refractivity contribution in [3.05, 3.63) is 23.2 Å². The molecule has 0 spiro atoms. The Morgan fingerprint density at radius 1 is 1.43 bits per heavy atom. The van der Waals surface area contributed by atoms with E-state index in [2.05, 4.69) is 22.5 Å². The number of morpholine rings is 1. The molecule has 0 unspecified atom stereocenters. The van der Waals surface area contributed by atoms with Gasteiger partial charge in [-0.3, -0.25) is 4.90 Å². The largest absolute Gasteiger partial charge is 0.495 e. The highest BCUT2D eigenvalue weighted by Crippen LogP contribution is 2.27. The average Bonchev–Trinajstić information content (AvgIpc) is 2.88. The van der Waals surface area contributed by atoms with Crippen LogP contribution in [-0.4, -0.2) is 55.9 Å². The molecule has 2 fully saturated rings. The second-order valence-corrected chi connectivity index (χ2v) is 6.54. The monoisotopic (exact) mass is 339 g/mol. The third-order valence-corrected chi connectivity index (χ3v) is 4.63. The number of hydrogen-bond acceptors (Lipinski definition) is 4. The molecule has 1 aromatic rings. The summed E-state index contributed by atoms with van der Waals surface area (Å²) >= 11 is 6.06. The molecule has 2 heterocycles. The zero-order chi connectivity index (χ0) is 16.4. The standard InChI is InChI=1S/C16H22ClN3O3/c1-10-7-20-8-12(5-13(20)9-23-10)19-16(21)18-11-3-4-15(22-2)14(17)6-11/h3-4,6,10,12-13H,5,7-9H2,1-2H3,(H2,18,19,21)/t10-,12-,13-/m0/s1. The van der Waals surface area contributed by atoms with Crippen LogP contribution in [-0.2, 0) is 4.74 Å². The third-order valence-electron chi connectivity index (χ3n) is 4.34. The van der Waals surface area contributed by atoms with Crippen LogP contribution in [0.2, 0.25) is 5.02 Å². The van der Waals surface area contributed by atoms with Gasteiger partial charge in [0.2, 0.25) is 0 Å². The molecule has 0 aromatic heterocycles. The summed E-state index contributed by atoms with van der Waals surface area (Å²) in [5, 5.41) is 6.30. The van der Waals surface area contributed by atoms with Crippen LogP contribution in [0.1, 0.15) is 13.3 Å². The minimum Gasteiger partial charge on any atom is -0.495 e. The fourth-order valence-electron chi connectivity index (χ4n) is 3.24. The number of nitrogens with zero attached hydrogens (tertiary/aromatic N) is 1. The van der Waals surface area contributed by atoms with Gasteiger partial charge < -0.3 is 20.1 Å². The molecule has 126 valence electrons. The van der Waals surface area contributed by atoms with Crippen LogP contribution < -0.4 is 15.4 Å². The van der Waals surface area contributed by atoms with Crippen LogP contribution in [0, 0.1) is 0 Å². The first-order chi connectivity index (χ1) is 11.0. The van der Waals surface area contributed by atoms with E-state index >= 15 is 0 Å². The molecule has 3 atom stereocenters. The predicted octanol–water partition coefficient (Wildman–Crippen LogP) is 2.33. The quantitative estimate of drug-likeness (QED) is 0.887. The summed E-state index contributed by atoms with van der Waals surface area (Å²) < 4.78 is 10.8. The summed E-state index contributed by atoms with van der Waals surface area (Å²) in [6.07, 6.45) is 1.18. The molecule has 3 rings (SSSR count). The van der Waals surface area contributed by atoms with Gasteiger partial charge in [-0.2, -0.15) is 0 Å². The van der Waals surface area contributed by atoms with Gasteiger partial charge in [0.05, 0.1) is 24.8 Å². The molecule has 2 N–H and O–H groups in total. The molecular weight excluding hydrogens is 318 g/mol. The number of carbonyl (C=O) groups is 1. The summed E-state index contributed by atoms with van der Waals surface area (Å²) in [7, 11) is 1.56. The van der Waals surface area contributed by atoms with Crippen LogP contribution in [0.4, 0.5) is 10.5 Å². The van der Waals surface area contributed by atoms with Crippen molar-refractivity contribution in [3.8, 4) is 5.75 Å². The highest BCUT2D eigenvalue weighted by atomic mass is 35.5. The number of urea groups is 1. The lowest BCUT2D eigenvalue weighted by atomic mass is 10.1. The molecule has 0 aliphatic carbocycles. The Morgan fingerprint density at radius 2 is 2.26 bits per heavy atom. The number of amides is 2. The van der Waals surface area contributed by atoms with Gasteiger partial charge >= 0.3 is 6.03 Å². The lowest BCUT2D eigenvalue weighted by molar-refractivity contribution is -0.0390. The van der Waals surface area contributed by atoms with E-state index in [0.717, 1.165) is 26.1 Å². The van der Waals surface area contributed by atoms with E-state index in [1.54, 1.807) is 25.3 Å². The zero-order valence-corrected chi connectivity index (χ0v) is 14.1. The van der Waals surface area contributed by atoms with E-state index in [1.807, 2.05) is 0 Å². The van der Waals surface area contributed by atoms with Gasteiger partial charge in [0.25, 0.3) is 0 Å². The van der Waals surface area contributed by atoms with E-state index in [0.29, 0.717) is 22.5 Å². The molecular formula is C16H22ClN3O3. The fraction of sp³-hybridized carbons (Fsp3) is 0.562. The van der Waals surface area contributed by atoms with Crippen molar-refractivity contribution in [3.63, 3.8) is 0 Å². The minimum atomic E-state index is -0.218. The molecule has 1 aromatic carbocycles. The summed E-state index contributed by atoms with van der Waals surface area (Å²) in [6.45, 7) is 4.62. The first kappa shape index (κ1) is 16.4. The van der Waals surface area contributed by atoms with Crippen LogP contribution in [0.25, 0.3) is 0 Å². The Balaban J connectivity index is 1.53. The number of carbonyl (C=O) groups excluding carboxylic acids is 1. The van der Waals surface area contributed by atoms with E-state index in [9.17, 15) is 4.79 Å². The summed E-state index contributed by atoms with van der Waals surface area (Å²) in [5.41, 5.74) is 0.640. The molecule has 2 aliphatic heterocycles. The van der Waals surface area contributed by atoms with Crippen molar-refractivity contribution in [1.29, 1.82) is 0 Å². The topological polar surface area (TPSA) is 62.8 Å². The van der Waals surface area contributed by atoms with Crippen molar-refractivity contribution in [1.82, 2.24) is 10.2 Å². The van der Waals surface area contributed by atoms with Crippen molar-refractivity contribution >= 4 is 23.3 Å². The third kappa shape index (κ3) is 3.88. The second kappa shape index (κ2) is 6.95. The van der Waals surface area contributed by atoms with Crippen molar-refractivity contribution < 1.29 is 14.3 Å². The van der Waals surface area contributed by atoms with E-state index in [-0.39, 0.29) is 18.2 Å². The van der Waals surface area contributed by atoms with Crippen molar-refractivity contribution in [2.45, 2.75) is 31.5 Å². The lowest BCUT2D eigenvalue weighted by Gasteiger charge is -2.33. The maximum Gasteiger partial charge on any atom is 0.319 e. The van der Waals surface area contributed by atoms with Gasteiger partial charge in [-0.25, -0.2) is 4.79 Å². The minimum absolute atomic E-state index is 0.141. The molecule has 2 saturated heterocycles. The number of methoxy groups -OCH3 is 1. The van der Waals surface area contributed by atoms with Gasteiger partial charge in [0, 0.05) is 30.9 Å². The number of hydrogen-bond donors (Lipinski definition) is 2. The Kier molecular flexibility index (Phi) is 4.94. The number of fused-ring (bicyclic) bond motifs is 1. The van der Waals surface area contributed by atoms with Gasteiger partial charge in [0.15, 0.2) is 0 Å².